The number of phenolic OH excluding ortho intramolecular Hbond substituents is 1. The van der Waals surface area contributed by atoms with Gasteiger partial charge in [0.15, 0.2) is 11.5 Å². The van der Waals surface area contributed by atoms with Crippen LogP contribution in [-0.2, 0) is 4.79 Å². The number of hydrazone groups is 1. The van der Waals surface area contributed by atoms with Crippen LogP contribution in [0.2, 0.25) is 0 Å². The first kappa shape index (κ1) is 16.6. The van der Waals surface area contributed by atoms with Gasteiger partial charge in [0.05, 0.1) is 12.8 Å². The minimum atomic E-state index is -0.791. The van der Waals surface area contributed by atoms with E-state index in [-0.39, 0.29) is 12.4 Å². The van der Waals surface area contributed by atoms with E-state index in [2.05, 4.69) is 10.5 Å². The lowest BCUT2D eigenvalue weighted by atomic mass is 10.2. The molecule has 0 radical (unpaired) electrons. The van der Waals surface area contributed by atoms with Crippen molar-refractivity contribution in [3.8, 4) is 23.0 Å². The van der Waals surface area contributed by atoms with Crippen LogP contribution >= 0.6 is 0 Å². The Labute approximate surface area is 144 Å². The van der Waals surface area contributed by atoms with Crippen LogP contribution in [0.3, 0.4) is 0 Å². The van der Waals surface area contributed by atoms with E-state index in [0.29, 0.717) is 29.4 Å². The van der Waals surface area contributed by atoms with Gasteiger partial charge in [0.25, 0.3) is 5.91 Å². The van der Waals surface area contributed by atoms with Gasteiger partial charge in [-0.15, -0.1) is 0 Å². The van der Waals surface area contributed by atoms with Crippen molar-refractivity contribution < 1.29 is 24.1 Å². The molecule has 2 aromatic rings. The minimum absolute atomic E-state index is 0.00938. The fraction of sp³-hybridized carbons (Fsp3) is 0.222. The Morgan fingerprint density at radius 2 is 2.16 bits per heavy atom. The van der Waals surface area contributed by atoms with E-state index in [9.17, 15) is 9.90 Å². The maximum atomic E-state index is 12.1. The zero-order valence-electron chi connectivity index (χ0n) is 13.6. The first-order chi connectivity index (χ1) is 12.2. The lowest BCUT2D eigenvalue weighted by Gasteiger charge is -2.24. The number of para-hydroxylation sites is 2. The van der Waals surface area contributed by atoms with Crippen LogP contribution in [0.5, 0.6) is 23.0 Å². The largest absolute Gasteiger partial charge is 0.507 e. The monoisotopic (exact) mass is 342 g/mol. The van der Waals surface area contributed by atoms with Crippen LogP contribution < -0.4 is 19.6 Å². The van der Waals surface area contributed by atoms with Gasteiger partial charge in [0.1, 0.15) is 18.1 Å². The first-order valence-electron chi connectivity index (χ1n) is 7.84. The number of fused-ring (bicyclic) bond motifs is 1. The molecule has 0 bridgehead atoms. The van der Waals surface area contributed by atoms with Gasteiger partial charge in [0, 0.05) is 11.6 Å². The van der Waals surface area contributed by atoms with Crippen molar-refractivity contribution in [2.24, 2.45) is 5.10 Å². The van der Waals surface area contributed by atoms with Crippen LogP contribution in [0.1, 0.15) is 12.5 Å². The van der Waals surface area contributed by atoms with Gasteiger partial charge in [-0.05, 0) is 31.2 Å². The predicted octanol–water partition coefficient (Wildman–Crippen LogP) is 2.08. The molecule has 1 heterocycles. The molecule has 0 saturated carbocycles. The number of phenols is 1. The molecule has 0 aliphatic carbocycles. The second kappa shape index (κ2) is 7.57. The van der Waals surface area contributed by atoms with E-state index in [1.54, 1.807) is 30.3 Å². The molecule has 0 spiro atoms. The van der Waals surface area contributed by atoms with Crippen molar-refractivity contribution >= 4 is 12.1 Å². The van der Waals surface area contributed by atoms with Gasteiger partial charge in [0.2, 0.25) is 6.10 Å². The summed E-state index contributed by atoms with van der Waals surface area (Å²) in [7, 11) is 0. The number of hydrogen-bond donors (Lipinski definition) is 2. The van der Waals surface area contributed by atoms with Gasteiger partial charge in [-0.3, -0.25) is 4.79 Å². The molecule has 1 atom stereocenters. The molecular formula is C18H18N2O5. The lowest BCUT2D eigenvalue weighted by Crippen LogP contribution is -2.42. The van der Waals surface area contributed by atoms with Gasteiger partial charge >= 0.3 is 0 Å². The number of amides is 1. The molecule has 1 amide bonds. The second-order valence-electron chi connectivity index (χ2n) is 5.25. The third-order valence-corrected chi connectivity index (χ3v) is 3.49. The molecule has 2 aromatic carbocycles. The number of benzene rings is 2. The predicted molar refractivity (Wildman–Crippen MR) is 91.4 cm³/mol. The summed E-state index contributed by atoms with van der Waals surface area (Å²) in [5.74, 6) is 1.26. The standard InChI is InChI=1S/C18H18N2O5/c1-2-23-13-8-7-12(14(21)9-13)10-19-20-18(22)17-11-24-15-5-3-4-6-16(15)25-17/h3-10,17,21H,2,11H2,1H3,(H,20,22)/b19-10-/t17-/m1/s1. The zero-order chi connectivity index (χ0) is 17.6. The average Bonchev–Trinajstić information content (AvgIpc) is 2.63. The van der Waals surface area contributed by atoms with Crippen LogP contribution in [0, 0.1) is 0 Å². The topological polar surface area (TPSA) is 89.4 Å². The zero-order valence-corrected chi connectivity index (χ0v) is 13.6. The van der Waals surface area contributed by atoms with Crippen molar-refractivity contribution in [3.05, 3.63) is 48.0 Å². The smallest absolute Gasteiger partial charge is 0.284 e. The SMILES string of the molecule is CCOc1ccc(/C=N\NC(=O)[C@H]2COc3ccccc3O2)c(O)c1. The Bertz CT molecular complexity index is 791. The van der Waals surface area contributed by atoms with Gasteiger partial charge in [-0.25, -0.2) is 5.43 Å². The van der Waals surface area contributed by atoms with E-state index in [1.165, 1.54) is 12.3 Å². The molecular weight excluding hydrogens is 324 g/mol. The van der Waals surface area contributed by atoms with Crippen molar-refractivity contribution in [2.75, 3.05) is 13.2 Å². The number of rotatable bonds is 5. The van der Waals surface area contributed by atoms with E-state index >= 15 is 0 Å². The molecule has 130 valence electrons. The van der Waals surface area contributed by atoms with Crippen molar-refractivity contribution in [1.29, 1.82) is 0 Å². The van der Waals surface area contributed by atoms with Crippen LogP contribution in [-0.4, -0.2) is 36.5 Å². The van der Waals surface area contributed by atoms with Gasteiger partial charge < -0.3 is 19.3 Å². The molecule has 7 nitrogen and oxygen atoms in total. The maximum absolute atomic E-state index is 12.1. The Balaban J connectivity index is 1.58. The molecule has 0 saturated heterocycles. The quantitative estimate of drug-likeness (QED) is 0.641. The summed E-state index contributed by atoms with van der Waals surface area (Å²) in [4.78, 5) is 12.1. The van der Waals surface area contributed by atoms with Crippen molar-refractivity contribution in [2.45, 2.75) is 13.0 Å². The summed E-state index contributed by atoms with van der Waals surface area (Å²) < 4.78 is 16.4. The average molecular weight is 342 g/mol. The molecule has 0 fully saturated rings. The molecule has 1 aliphatic rings. The van der Waals surface area contributed by atoms with Crippen molar-refractivity contribution in [3.63, 3.8) is 0 Å². The molecule has 0 unspecified atom stereocenters. The number of carbonyl (C=O) groups excluding carboxylic acids is 1. The fourth-order valence-electron chi connectivity index (χ4n) is 2.28. The number of nitrogens with zero attached hydrogens (tertiary/aromatic N) is 1. The van der Waals surface area contributed by atoms with E-state index in [0.717, 1.165) is 0 Å². The molecule has 0 aromatic heterocycles. The molecule has 2 N–H and O–H groups in total. The van der Waals surface area contributed by atoms with Crippen LogP contribution in [0.15, 0.2) is 47.6 Å². The maximum Gasteiger partial charge on any atom is 0.284 e. The Morgan fingerprint density at radius 1 is 1.36 bits per heavy atom. The van der Waals surface area contributed by atoms with Crippen molar-refractivity contribution in [1.82, 2.24) is 5.43 Å². The number of carbonyl (C=O) groups is 1. The number of aromatic hydroxyl groups is 1. The van der Waals surface area contributed by atoms with E-state index in [1.807, 2.05) is 13.0 Å². The summed E-state index contributed by atoms with van der Waals surface area (Å²) in [6.45, 7) is 2.47. The number of nitrogens with one attached hydrogen (secondary N) is 1. The third-order valence-electron chi connectivity index (χ3n) is 3.49. The summed E-state index contributed by atoms with van der Waals surface area (Å²) in [5, 5.41) is 13.8. The number of hydrogen-bond acceptors (Lipinski definition) is 6. The summed E-state index contributed by atoms with van der Waals surface area (Å²) in [6.07, 6.45) is 0.557. The van der Waals surface area contributed by atoms with Crippen LogP contribution in [0.25, 0.3) is 0 Å². The summed E-state index contributed by atoms with van der Waals surface area (Å²) in [5.41, 5.74) is 2.84. The summed E-state index contributed by atoms with van der Waals surface area (Å²) in [6, 6.07) is 12.0. The normalized spacial score (nSPS) is 15.8. The second-order valence-corrected chi connectivity index (χ2v) is 5.25. The molecule has 1 aliphatic heterocycles. The Hall–Kier alpha value is -3.22. The number of ether oxygens (including phenoxy) is 3. The van der Waals surface area contributed by atoms with Crippen LogP contribution in [0.4, 0.5) is 0 Å². The lowest BCUT2D eigenvalue weighted by molar-refractivity contribution is -0.130. The molecule has 7 heteroatoms. The highest BCUT2D eigenvalue weighted by atomic mass is 16.6. The van der Waals surface area contributed by atoms with Gasteiger partial charge in [-0.1, -0.05) is 12.1 Å². The molecule has 25 heavy (non-hydrogen) atoms. The first-order valence-corrected chi connectivity index (χ1v) is 7.84. The highest BCUT2D eigenvalue weighted by molar-refractivity contribution is 5.86. The van der Waals surface area contributed by atoms with E-state index < -0.39 is 12.0 Å². The highest BCUT2D eigenvalue weighted by Gasteiger charge is 2.26. The minimum Gasteiger partial charge on any atom is -0.507 e. The van der Waals surface area contributed by atoms with Gasteiger partial charge in [-0.2, -0.15) is 5.10 Å². The van der Waals surface area contributed by atoms with E-state index in [4.69, 9.17) is 14.2 Å². The fourth-order valence-corrected chi connectivity index (χ4v) is 2.28. The Morgan fingerprint density at radius 3 is 2.92 bits per heavy atom. The summed E-state index contributed by atoms with van der Waals surface area (Å²) >= 11 is 0. The highest BCUT2D eigenvalue weighted by Crippen LogP contribution is 2.30. The third kappa shape index (κ3) is 4.00. The Kier molecular flexibility index (Phi) is 5.03. The molecule has 3 rings (SSSR count).